The van der Waals surface area contributed by atoms with E-state index in [1.165, 1.54) is 23.1 Å². The van der Waals surface area contributed by atoms with Crippen molar-refractivity contribution in [2.75, 3.05) is 12.1 Å². The van der Waals surface area contributed by atoms with Crippen molar-refractivity contribution in [3.8, 4) is 0 Å². The van der Waals surface area contributed by atoms with Crippen molar-refractivity contribution in [2.45, 2.75) is 26.4 Å². The van der Waals surface area contributed by atoms with E-state index in [0.717, 1.165) is 0 Å². The van der Waals surface area contributed by atoms with Crippen molar-refractivity contribution in [2.24, 2.45) is 0 Å². The lowest BCUT2D eigenvalue weighted by Gasteiger charge is -2.24. The third-order valence-electron chi connectivity index (χ3n) is 2.29. The lowest BCUT2D eigenvalue weighted by Crippen LogP contribution is -2.40. The Kier molecular flexibility index (Phi) is 3.75. The van der Waals surface area contributed by atoms with Gasteiger partial charge in [-0.2, -0.15) is 4.98 Å². The molecule has 20 heavy (non-hydrogen) atoms. The van der Waals surface area contributed by atoms with Gasteiger partial charge in [-0.25, -0.2) is 24.4 Å². The Morgan fingerprint density at radius 1 is 1.35 bits per heavy atom. The number of nitrogens with zero attached hydrogens (tertiary/aromatic N) is 5. The van der Waals surface area contributed by atoms with Crippen LogP contribution in [0.2, 0.25) is 10.4 Å². The average Bonchev–Trinajstić information content (AvgIpc) is 2.69. The first-order valence-electron chi connectivity index (χ1n) is 5.72. The van der Waals surface area contributed by atoms with Crippen LogP contribution < -0.4 is 5.01 Å². The molecule has 108 valence electrons. The Bertz CT molecular complexity index is 665. The first-order valence-corrected chi connectivity index (χ1v) is 6.48. The van der Waals surface area contributed by atoms with Crippen LogP contribution in [0, 0.1) is 0 Å². The Morgan fingerprint density at radius 2 is 2.00 bits per heavy atom. The van der Waals surface area contributed by atoms with Crippen molar-refractivity contribution in [3.05, 3.63) is 16.8 Å². The van der Waals surface area contributed by atoms with Crippen molar-refractivity contribution < 1.29 is 9.53 Å². The monoisotopic (exact) mass is 317 g/mol. The molecule has 0 aliphatic heterocycles. The zero-order valence-electron chi connectivity index (χ0n) is 11.4. The van der Waals surface area contributed by atoms with Crippen LogP contribution in [0.5, 0.6) is 0 Å². The van der Waals surface area contributed by atoms with Crippen LogP contribution in [0.4, 0.5) is 4.79 Å². The third kappa shape index (κ3) is 2.94. The maximum atomic E-state index is 12.0. The molecule has 0 bridgehead atoms. The molecule has 2 aromatic rings. The number of carbonyl (C=O) groups is 1. The number of aromatic nitrogens is 4. The number of carbonyl (C=O) groups excluding carboxylic acids is 1. The molecule has 1 amide bonds. The number of hydrogen-bond acceptors (Lipinski definition) is 5. The number of hydrogen-bond donors (Lipinski definition) is 0. The number of rotatable bonds is 1. The minimum atomic E-state index is -0.605. The van der Waals surface area contributed by atoms with E-state index < -0.39 is 11.7 Å². The van der Waals surface area contributed by atoms with Gasteiger partial charge in [-0.05, 0) is 32.4 Å². The van der Waals surface area contributed by atoms with Gasteiger partial charge in [0.15, 0.2) is 10.8 Å². The molecule has 0 atom stereocenters. The second kappa shape index (κ2) is 5.06. The Morgan fingerprint density at radius 3 is 2.60 bits per heavy atom. The number of amides is 1. The molecule has 0 radical (unpaired) electrons. The summed E-state index contributed by atoms with van der Waals surface area (Å²) in [6.07, 6.45) is 0.841. The van der Waals surface area contributed by atoms with E-state index in [1.807, 2.05) is 0 Å². The predicted molar refractivity (Wildman–Crippen MR) is 75.7 cm³/mol. The summed E-state index contributed by atoms with van der Waals surface area (Å²) in [6.45, 7) is 5.34. The quantitative estimate of drug-likeness (QED) is 0.597. The largest absolute Gasteiger partial charge is 0.442 e. The fourth-order valence-corrected chi connectivity index (χ4v) is 1.89. The minimum absolute atomic E-state index is 0.0261. The van der Waals surface area contributed by atoms with Crippen LogP contribution in [0.25, 0.3) is 11.2 Å². The first-order chi connectivity index (χ1) is 9.19. The smallest absolute Gasteiger partial charge is 0.429 e. The molecule has 0 aromatic carbocycles. The van der Waals surface area contributed by atoms with Gasteiger partial charge >= 0.3 is 6.09 Å². The third-order valence-corrected chi connectivity index (χ3v) is 2.72. The van der Waals surface area contributed by atoms with Crippen LogP contribution in [0.3, 0.4) is 0 Å². The molecule has 0 N–H and O–H groups in total. The van der Waals surface area contributed by atoms with Gasteiger partial charge in [0.1, 0.15) is 17.4 Å². The summed E-state index contributed by atoms with van der Waals surface area (Å²) < 4.78 is 6.65. The molecular weight excluding hydrogens is 305 g/mol. The molecule has 0 saturated heterocycles. The van der Waals surface area contributed by atoms with Gasteiger partial charge in [0.25, 0.3) is 0 Å². The molecule has 0 unspecified atom stereocenters. The van der Waals surface area contributed by atoms with Crippen molar-refractivity contribution in [1.82, 2.24) is 19.6 Å². The predicted octanol–water partition coefficient (Wildman–Crippen LogP) is 2.64. The minimum Gasteiger partial charge on any atom is -0.442 e. The molecular formula is C11H13Cl2N5O2. The van der Waals surface area contributed by atoms with Gasteiger partial charge in [-0.1, -0.05) is 11.6 Å². The van der Waals surface area contributed by atoms with Crippen LogP contribution >= 0.6 is 23.2 Å². The summed E-state index contributed by atoms with van der Waals surface area (Å²) in [5.74, 6) is 0. The Labute approximate surface area is 125 Å². The first kappa shape index (κ1) is 14.8. The Balaban J connectivity index is 2.40. The molecule has 9 heteroatoms. The summed E-state index contributed by atoms with van der Waals surface area (Å²) in [6, 6.07) is 0. The summed E-state index contributed by atoms with van der Waals surface area (Å²) in [4.78, 5) is 23.9. The fraction of sp³-hybridized carbons (Fsp3) is 0.455. The second-order valence-electron chi connectivity index (χ2n) is 5.05. The SMILES string of the molecule is CN(C(=O)OC(C)(C)C)n1cnc2c(Cl)nc(Cl)nc21. The molecule has 0 saturated carbocycles. The van der Waals surface area contributed by atoms with Crippen molar-refractivity contribution >= 4 is 40.5 Å². The highest BCUT2D eigenvalue weighted by molar-refractivity contribution is 6.35. The molecule has 7 nitrogen and oxygen atoms in total. The van der Waals surface area contributed by atoms with Gasteiger partial charge < -0.3 is 4.74 Å². The van der Waals surface area contributed by atoms with Crippen molar-refractivity contribution in [3.63, 3.8) is 0 Å². The van der Waals surface area contributed by atoms with E-state index in [9.17, 15) is 4.79 Å². The highest BCUT2D eigenvalue weighted by Crippen LogP contribution is 2.21. The zero-order valence-corrected chi connectivity index (χ0v) is 12.9. The molecule has 2 heterocycles. The van der Waals surface area contributed by atoms with Gasteiger partial charge in [-0.15, -0.1) is 0 Å². The highest BCUT2D eigenvalue weighted by Gasteiger charge is 2.23. The summed E-state index contributed by atoms with van der Waals surface area (Å²) in [7, 11) is 1.53. The highest BCUT2D eigenvalue weighted by atomic mass is 35.5. The number of halogens is 2. The maximum absolute atomic E-state index is 12.0. The van der Waals surface area contributed by atoms with Gasteiger partial charge in [0.05, 0.1) is 0 Å². The van der Waals surface area contributed by atoms with E-state index in [4.69, 9.17) is 27.9 Å². The average molecular weight is 318 g/mol. The Hall–Kier alpha value is -1.60. The number of fused-ring (bicyclic) bond motifs is 1. The standard InChI is InChI=1S/C11H13Cl2N5O2/c1-11(2,3)20-10(19)17(4)18-5-14-6-7(12)15-9(13)16-8(6)18/h5H,1-4H3. The van der Waals surface area contributed by atoms with Gasteiger partial charge in [-0.3, -0.25) is 0 Å². The van der Waals surface area contributed by atoms with E-state index in [0.29, 0.717) is 11.2 Å². The maximum Gasteiger partial charge on any atom is 0.429 e. The zero-order chi connectivity index (χ0) is 15.1. The number of imidazole rings is 1. The van der Waals surface area contributed by atoms with Crippen LogP contribution in [-0.4, -0.2) is 38.4 Å². The number of ether oxygens (including phenoxy) is 1. The lowest BCUT2D eigenvalue weighted by atomic mass is 10.2. The molecule has 0 spiro atoms. The fourth-order valence-electron chi connectivity index (χ4n) is 1.46. The molecule has 0 aliphatic carbocycles. The lowest BCUT2D eigenvalue weighted by molar-refractivity contribution is 0.0552. The van der Waals surface area contributed by atoms with E-state index >= 15 is 0 Å². The molecule has 0 fully saturated rings. The summed E-state index contributed by atoms with van der Waals surface area (Å²) >= 11 is 11.7. The summed E-state index contributed by atoms with van der Waals surface area (Å²) in [5.41, 5.74) is 0.0706. The van der Waals surface area contributed by atoms with Gasteiger partial charge in [0, 0.05) is 7.05 Å². The van der Waals surface area contributed by atoms with E-state index in [1.54, 1.807) is 20.8 Å². The van der Waals surface area contributed by atoms with Gasteiger partial charge in [0.2, 0.25) is 5.28 Å². The van der Waals surface area contributed by atoms with Crippen LogP contribution in [0.15, 0.2) is 6.33 Å². The van der Waals surface area contributed by atoms with Crippen LogP contribution in [-0.2, 0) is 4.74 Å². The second-order valence-corrected chi connectivity index (χ2v) is 5.74. The van der Waals surface area contributed by atoms with Crippen LogP contribution in [0.1, 0.15) is 20.8 Å². The van der Waals surface area contributed by atoms with Crippen molar-refractivity contribution in [1.29, 1.82) is 0 Å². The van der Waals surface area contributed by atoms with E-state index in [-0.39, 0.29) is 10.4 Å². The normalized spacial score (nSPS) is 11.7. The van der Waals surface area contributed by atoms with E-state index in [2.05, 4.69) is 15.0 Å². The topological polar surface area (TPSA) is 73.1 Å². The summed E-state index contributed by atoms with van der Waals surface area (Å²) in [5, 5.41) is 1.32. The molecule has 0 aliphatic rings. The molecule has 2 rings (SSSR count). The molecule has 2 aromatic heterocycles.